The lowest BCUT2D eigenvalue weighted by Crippen LogP contribution is -2.38. The second kappa shape index (κ2) is 6.05. The van der Waals surface area contributed by atoms with E-state index in [1.54, 1.807) is 12.1 Å². The Balaban J connectivity index is 2.19. The molecule has 2 rings (SSSR count). The van der Waals surface area contributed by atoms with Crippen molar-refractivity contribution >= 4 is 39.7 Å². The maximum absolute atomic E-state index is 12.4. The van der Waals surface area contributed by atoms with E-state index in [1.807, 2.05) is 0 Å². The second-order valence-corrected chi connectivity index (χ2v) is 6.22. The van der Waals surface area contributed by atoms with Gasteiger partial charge in [-0.15, -0.1) is 22.7 Å². The average Bonchev–Trinajstić information content (AvgIpc) is 3.03. The van der Waals surface area contributed by atoms with Gasteiger partial charge in [0.2, 0.25) is 0 Å². The Hall–Kier alpha value is -1.94. The minimum atomic E-state index is -4.96. The Kier molecular flexibility index (Phi) is 4.52. The zero-order valence-corrected chi connectivity index (χ0v) is 12.7. The molecule has 22 heavy (non-hydrogen) atoms. The topological polar surface area (TPSA) is 70.5 Å². The summed E-state index contributed by atoms with van der Waals surface area (Å²) in [5.41, 5.74) is 0.406. The molecule has 0 aliphatic rings. The van der Waals surface area contributed by atoms with Crippen LogP contribution in [0.4, 0.5) is 18.3 Å². The molecule has 118 valence electrons. The molecule has 10 heteroatoms. The highest BCUT2D eigenvalue weighted by atomic mass is 32.1. The molecular weight excluding hydrogens is 341 g/mol. The van der Waals surface area contributed by atoms with Crippen LogP contribution in [0, 0.1) is 0 Å². The van der Waals surface area contributed by atoms with Crippen molar-refractivity contribution in [3.63, 3.8) is 0 Å². The van der Waals surface area contributed by atoms with Crippen LogP contribution in [-0.4, -0.2) is 35.2 Å². The summed E-state index contributed by atoms with van der Waals surface area (Å²) in [6, 6.07) is 3.27. The van der Waals surface area contributed by atoms with E-state index in [-0.39, 0.29) is 11.6 Å². The Bertz CT molecular complexity index is 709. The molecule has 2 heterocycles. The van der Waals surface area contributed by atoms with Crippen LogP contribution in [0.2, 0.25) is 0 Å². The normalized spacial score (nSPS) is 11.5. The molecule has 0 saturated heterocycles. The van der Waals surface area contributed by atoms with Crippen LogP contribution in [0.5, 0.6) is 0 Å². The molecular formula is C12H9F3N2O3S2. The van der Waals surface area contributed by atoms with Crippen LogP contribution in [0.3, 0.4) is 0 Å². The predicted octanol–water partition coefficient (Wildman–Crippen LogP) is 3.02. The number of aromatic nitrogens is 1. The van der Waals surface area contributed by atoms with Gasteiger partial charge in [-0.2, -0.15) is 13.2 Å². The van der Waals surface area contributed by atoms with Crippen LogP contribution < -0.4 is 4.90 Å². The van der Waals surface area contributed by atoms with Gasteiger partial charge in [0.1, 0.15) is 0 Å². The largest absolute Gasteiger partial charge is 0.481 e. The summed E-state index contributed by atoms with van der Waals surface area (Å²) in [6.07, 6.45) is -5.09. The van der Waals surface area contributed by atoms with Gasteiger partial charge in [-0.1, -0.05) is 0 Å². The van der Waals surface area contributed by atoms with Crippen molar-refractivity contribution in [2.24, 2.45) is 0 Å². The quantitative estimate of drug-likeness (QED) is 0.920. The van der Waals surface area contributed by atoms with Crippen molar-refractivity contribution in [2.45, 2.75) is 12.6 Å². The third-order valence-corrected chi connectivity index (χ3v) is 4.59. The lowest BCUT2D eigenvalue weighted by atomic mass is 10.3. The zero-order chi connectivity index (χ0) is 16.5. The van der Waals surface area contributed by atoms with E-state index >= 15 is 0 Å². The second-order valence-electron chi connectivity index (χ2n) is 4.21. The molecule has 1 N–H and O–H groups in total. The van der Waals surface area contributed by atoms with Gasteiger partial charge in [0.05, 0.1) is 17.0 Å². The molecule has 0 fully saturated rings. The van der Waals surface area contributed by atoms with Gasteiger partial charge in [-0.3, -0.25) is 14.5 Å². The summed E-state index contributed by atoms with van der Waals surface area (Å²) in [4.78, 5) is 27.4. The number of thiazole rings is 1. The Morgan fingerprint density at radius 1 is 1.36 bits per heavy atom. The minimum absolute atomic E-state index is 0.0782. The molecule has 0 aliphatic heterocycles. The zero-order valence-electron chi connectivity index (χ0n) is 11.0. The van der Waals surface area contributed by atoms with Crippen molar-refractivity contribution < 1.29 is 27.9 Å². The number of carboxylic acids is 1. The van der Waals surface area contributed by atoms with E-state index in [9.17, 15) is 22.8 Å². The number of amides is 1. The number of nitrogens with zero attached hydrogens (tertiary/aromatic N) is 2. The van der Waals surface area contributed by atoms with Gasteiger partial charge in [0.15, 0.2) is 5.13 Å². The maximum Gasteiger partial charge on any atom is 0.471 e. The summed E-state index contributed by atoms with van der Waals surface area (Å²) >= 11 is 2.10. The predicted molar refractivity (Wildman–Crippen MR) is 76.2 cm³/mol. The third-order valence-electron chi connectivity index (χ3n) is 2.57. The molecule has 0 aromatic carbocycles. The molecule has 0 aliphatic carbocycles. The number of carbonyl (C=O) groups excluding carboxylic acids is 1. The summed E-state index contributed by atoms with van der Waals surface area (Å²) in [5.74, 6) is -2.96. The molecule has 0 bridgehead atoms. The molecule has 0 atom stereocenters. The van der Waals surface area contributed by atoms with Gasteiger partial charge < -0.3 is 5.11 Å². The number of hydrogen-bond donors (Lipinski definition) is 1. The number of aliphatic carboxylic acids is 1. The highest BCUT2D eigenvalue weighted by Crippen LogP contribution is 2.33. The molecule has 0 spiro atoms. The molecule has 0 saturated carbocycles. The van der Waals surface area contributed by atoms with E-state index in [4.69, 9.17) is 5.11 Å². The summed E-state index contributed by atoms with van der Waals surface area (Å²) in [7, 11) is 1.00. The molecule has 0 radical (unpaired) electrons. The van der Waals surface area contributed by atoms with E-state index < -0.39 is 18.1 Å². The summed E-state index contributed by atoms with van der Waals surface area (Å²) < 4.78 is 37.1. The monoisotopic (exact) mass is 350 g/mol. The first-order chi connectivity index (χ1) is 10.2. The standard InChI is InChI=1S/C12H9F3N2O3S2/c1-17(10(20)12(13,14)15)11-16-7(5-21-11)8-3-2-6(22-8)4-9(18)19/h2-3,5H,4H2,1H3,(H,18,19). The van der Waals surface area contributed by atoms with Crippen LogP contribution in [-0.2, 0) is 16.0 Å². The van der Waals surface area contributed by atoms with Crippen LogP contribution in [0.1, 0.15) is 4.88 Å². The number of alkyl halides is 3. The smallest absolute Gasteiger partial charge is 0.471 e. The highest BCUT2D eigenvalue weighted by Gasteiger charge is 2.42. The first-order valence-electron chi connectivity index (χ1n) is 5.79. The lowest BCUT2D eigenvalue weighted by molar-refractivity contribution is -0.170. The highest BCUT2D eigenvalue weighted by molar-refractivity contribution is 7.17. The number of hydrogen-bond acceptors (Lipinski definition) is 5. The van der Waals surface area contributed by atoms with Crippen molar-refractivity contribution in [1.82, 2.24) is 4.98 Å². The average molecular weight is 350 g/mol. The van der Waals surface area contributed by atoms with Gasteiger partial charge in [-0.25, -0.2) is 4.98 Å². The minimum Gasteiger partial charge on any atom is -0.481 e. The Labute approximate surface area is 130 Å². The summed E-state index contributed by atoms with van der Waals surface area (Å²) in [5, 5.41) is 10.1. The number of halogens is 3. The lowest BCUT2D eigenvalue weighted by Gasteiger charge is -2.15. The van der Waals surface area contributed by atoms with Crippen LogP contribution in [0.25, 0.3) is 10.6 Å². The third kappa shape index (κ3) is 3.63. The number of rotatable bonds is 4. The Morgan fingerprint density at radius 2 is 2.05 bits per heavy atom. The number of anilines is 1. The van der Waals surface area contributed by atoms with Crippen molar-refractivity contribution in [3.05, 3.63) is 22.4 Å². The number of thiophene rings is 1. The number of carboxylic acid groups (broad SMARTS) is 1. The fourth-order valence-corrected chi connectivity index (χ4v) is 3.39. The summed E-state index contributed by atoms with van der Waals surface area (Å²) in [6.45, 7) is 0. The van der Waals surface area contributed by atoms with E-state index in [2.05, 4.69) is 4.98 Å². The van der Waals surface area contributed by atoms with Crippen molar-refractivity contribution in [3.8, 4) is 10.6 Å². The van der Waals surface area contributed by atoms with E-state index in [1.165, 1.54) is 16.7 Å². The van der Waals surface area contributed by atoms with E-state index in [0.717, 1.165) is 18.4 Å². The molecule has 1 amide bonds. The van der Waals surface area contributed by atoms with Crippen molar-refractivity contribution in [2.75, 3.05) is 11.9 Å². The van der Waals surface area contributed by atoms with E-state index in [0.29, 0.717) is 20.3 Å². The van der Waals surface area contributed by atoms with Gasteiger partial charge in [0.25, 0.3) is 0 Å². The molecule has 5 nitrogen and oxygen atoms in total. The molecule has 2 aromatic rings. The van der Waals surface area contributed by atoms with Gasteiger partial charge in [-0.05, 0) is 12.1 Å². The SMILES string of the molecule is CN(C(=O)C(F)(F)F)c1nc(-c2ccc(CC(=O)O)s2)cs1. The maximum atomic E-state index is 12.4. The van der Waals surface area contributed by atoms with Gasteiger partial charge in [0, 0.05) is 17.3 Å². The molecule has 2 aromatic heterocycles. The first-order valence-corrected chi connectivity index (χ1v) is 7.49. The van der Waals surface area contributed by atoms with Crippen LogP contribution in [0.15, 0.2) is 17.5 Å². The van der Waals surface area contributed by atoms with Gasteiger partial charge >= 0.3 is 18.1 Å². The fourth-order valence-electron chi connectivity index (χ4n) is 1.57. The number of carbonyl (C=O) groups is 2. The fraction of sp³-hybridized carbons (Fsp3) is 0.250. The Morgan fingerprint density at radius 3 is 2.64 bits per heavy atom. The van der Waals surface area contributed by atoms with Crippen LogP contribution >= 0.6 is 22.7 Å². The first kappa shape index (κ1) is 16.4. The van der Waals surface area contributed by atoms with Crippen molar-refractivity contribution in [1.29, 1.82) is 0 Å². The molecule has 0 unspecified atom stereocenters.